The molecule has 1 N–H and O–H groups in total. The minimum atomic E-state index is 0.231. The highest BCUT2D eigenvalue weighted by atomic mass is 16.3. The van der Waals surface area contributed by atoms with Crippen LogP contribution < -0.4 is 0 Å². The molecule has 0 aromatic heterocycles. The summed E-state index contributed by atoms with van der Waals surface area (Å²) < 4.78 is 0. The number of hydrogen-bond donors (Lipinski definition) is 1. The predicted molar refractivity (Wildman–Crippen MR) is 72.6 cm³/mol. The van der Waals surface area contributed by atoms with Crippen LogP contribution >= 0.6 is 0 Å². The maximum absolute atomic E-state index is 9.77. The molecule has 0 aliphatic heterocycles. The highest BCUT2D eigenvalue weighted by Crippen LogP contribution is 2.32. The Labute approximate surface area is 101 Å². The van der Waals surface area contributed by atoms with Crippen LogP contribution in [0.25, 0.3) is 11.1 Å². The van der Waals surface area contributed by atoms with Crippen molar-refractivity contribution in [3.8, 4) is 5.75 Å². The van der Waals surface area contributed by atoms with Gasteiger partial charge < -0.3 is 5.11 Å². The summed E-state index contributed by atoms with van der Waals surface area (Å²) in [6, 6.07) is 17.0. The van der Waals surface area contributed by atoms with Gasteiger partial charge in [-0.25, -0.2) is 0 Å². The second kappa shape index (κ2) is 4.71. The summed E-state index contributed by atoms with van der Waals surface area (Å²) in [4.78, 5) is 0. The van der Waals surface area contributed by atoms with E-state index < -0.39 is 0 Å². The first-order valence-electron chi connectivity index (χ1n) is 5.42. The number of benzene rings is 2. The third kappa shape index (κ3) is 2.28. The van der Waals surface area contributed by atoms with Crippen LogP contribution in [0.15, 0.2) is 67.8 Å². The van der Waals surface area contributed by atoms with E-state index in [2.05, 4.69) is 13.2 Å². The maximum atomic E-state index is 9.77. The van der Waals surface area contributed by atoms with Gasteiger partial charge in [0, 0.05) is 5.56 Å². The number of aromatic hydroxyl groups is 1. The Morgan fingerprint density at radius 1 is 0.765 bits per heavy atom. The number of phenolic OH excluding ortho intramolecular Hbond substituents is 1. The lowest BCUT2D eigenvalue weighted by molar-refractivity contribution is 0.474. The lowest BCUT2D eigenvalue weighted by Gasteiger charge is -2.11. The first kappa shape index (κ1) is 11.2. The molecule has 0 spiro atoms. The van der Waals surface area contributed by atoms with E-state index in [-0.39, 0.29) is 5.75 Å². The Balaban J connectivity index is 2.34. The predicted octanol–water partition coefficient (Wildman–Crippen LogP) is 4.12. The molecule has 0 bridgehead atoms. The van der Waals surface area contributed by atoms with Crippen molar-refractivity contribution < 1.29 is 5.11 Å². The molecule has 0 aliphatic carbocycles. The molecule has 0 amide bonds. The molecular formula is C16H14O. The average molecular weight is 222 g/mol. The van der Waals surface area contributed by atoms with Crippen LogP contribution in [0, 0.1) is 0 Å². The van der Waals surface area contributed by atoms with Gasteiger partial charge in [0.2, 0.25) is 0 Å². The van der Waals surface area contributed by atoms with E-state index >= 15 is 0 Å². The highest BCUT2D eigenvalue weighted by Gasteiger charge is 2.08. The number of para-hydroxylation sites is 1. The zero-order valence-electron chi connectivity index (χ0n) is 9.56. The molecule has 1 heteroatoms. The number of allylic oxidation sites excluding steroid dienone is 2. The van der Waals surface area contributed by atoms with Gasteiger partial charge in [-0.1, -0.05) is 61.7 Å². The van der Waals surface area contributed by atoms with Crippen LogP contribution in [0.3, 0.4) is 0 Å². The molecule has 0 saturated heterocycles. The summed E-state index contributed by atoms with van der Waals surface area (Å²) in [5, 5.41) is 9.77. The van der Waals surface area contributed by atoms with E-state index in [9.17, 15) is 5.11 Å². The molecule has 1 nitrogen and oxygen atoms in total. The number of phenols is 1. The van der Waals surface area contributed by atoms with Crippen LogP contribution in [0.4, 0.5) is 0 Å². The van der Waals surface area contributed by atoms with Crippen molar-refractivity contribution in [1.82, 2.24) is 0 Å². The fraction of sp³-hybridized carbons (Fsp3) is 0. The number of hydrogen-bond acceptors (Lipinski definition) is 1. The van der Waals surface area contributed by atoms with E-state index in [0.717, 1.165) is 22.3 Å². The second-order valence-corrected chi connectivity index (χ2v) is 3.84. The van der Waals surface area contributed by atoms with Crippen molar-refractivity contribution in [1.29, 1.82) is 0 Å². The summed E-state index contributed by atoms with van der Waals surface area (Å²) in [5.74, 6) is 0.231. The zero-order chi connectivity index (χ0) is 12.3. The van der Waals surface area contributed by atoms with Crippen LogP contribution in [-0.4, -0.2) is 5.11 Å². The van der Waals surface area contributed by atoms with E-state index in [1.54, 1.807) is 12.1 Å². The third-order valence-corrected chi connectivity index (χ3v) is 2.72. The normalized spacial score (nSPS) is 9.88. The van der Waals surface area contributed by atoms with Gasteiger partial charge in [0.15, 0.2) is 0 Å². The van der Waals surface area contributed by atoms with Crippen molar-refractivity contribution in [3.63, 3.8) is 0 Å². The van der Waals surface area contributed by atoms with Gasteiger partial charge in [-0.3, -0.25) is 0 Å². The molecule has 17 heavy (non-hydrogen) atoms. The van der Waals surface area contributed by atoms with Crippen LogP contribution in [0.5, 0.6) is 5.75 Å². The van der Waals surface area contributed by atoms with Crippen molar-refractivity contribution in [2.45, 2.75) is 0 Å². The van der Waals surface area contributed by atoms with E-state index in [1.807, 2.05) is 42.5 Å². The molecule has 0 radical (unpaired) electrons. The Morgan fingerprint density at radius 3 is 2.00 bits per heavy atom. The van der Waals surface area contributed by atoms with Gasteiger partial charge >= 0.3 is 0 Å². The van der Waals surface area contributed by atoms with Gasteiger partial charge in [-0.05, 0) is 22.8 Å². The molecule has 0 heterocycles. The standard InChI is InChI=1S/C16H14O/c1-12(14-8-4-3-5-9-14)13(2)15-10-6-7-11-16(15)17/h3-11,17H,1-2H2. The van der Waals surface area contributed by atoms with Gasteiger partial charge in [-0.15, -0.1) is 0 Å². The first-order chi connectivity index (χ1) is 8.20. The zero-order valence-corrected chi connectivity index (χ0v) is 9.56. The van der Waals surface area contributed by atoms with E-state index in [0.29, 0.717) is 0 Å². The van der Waals surface area contributed by atoms with Gasteiger partial charge in [-0.2, -0.15) is 0 Å². The van der Waals surface area contributed by atoms with Gasteiger partial charge in [0.1, 0.15) is 5.75 Å². The van der Waals surface area contributed by atoms with E-state index in [1.165, 1.54) is 0 Å². The molecular weight excluding hydrogens is 208 g/mol. The van der Waals surface area contributed by atoms with Gasteiger partial charge in [0.05, 0.1) is 0 Å². The summed E-state index contributed by atoms with van der Waals surface area (Å²) in [7, 11) is 0. The fourth-order valence-electron chi connectivity index (χ4n) is 1.70. The third-order valence-electron chi connectivity index (χ3n) is 2.72. The Morgan fingerprint density at radius 2 is 1.35 bits per heavy atom. The maximum Gasteiger partial charge on any atom is 0.123 e. The molecule has 2 aromatic carbocycles. The molecule has 84 valence electrons. The van der Waals surface area contributed by atoms with Crippen LogP contribution in [-0.2, 0) is 0 Å². The van der Waals surface area contributed by atoms with Crippen molar-refractivity contribution in [2.75, 3.05) is 0 Å². The lowest BCUT2D eigenvalue weighted by Crippen LogP contribution is -1.88. The molecule has 2 aromatic rings. The van der Waals surface area contributed by atoms with Crippen molar-refractivity contribution in [3.05, 3.63) is 78.9 Å². The monoisotopic (exact) mass is 222 g/mol. The largest absolute Gasteiger partial charge is 0.507 e. The lowest BCUT2D eigenvalue weighted by atomic mass is 9.94. The molecule has 0 unspecified atom stereocenters. The molecule has 0 fully saturated rings. The number of rotatable bonds is 3. The fourth-order valence-corrected chi connectivity index (χ4v) is 1.70. The SMILES string of the molecule is C=C(C(=C)c1ccccc1O)c1ccccc1. The highest BCUT2D eigenvalue weighted by molar-refractivity contribution is 6.04. The van der Waals surface area contributed by atoms with Gasteiger partial charge in [0.25, 0.3) is 0 Å². The molecule has 2 rings (SSSR count). The Hall–Kier alpha value is -2.28. The summed E-state index contributed by atoms with van der Waals surface area (Å²) in [6.45, 7) is 8.03. The van der Waals surface area contributed by atoms with Crippen molar-refractivity contribution in [2.24, 2.45) is 0 Å². The minimum absolute atomic E-state index is 0.231. The summed E-state index contributed by atoms with van der Waals surface area (Å²) in [6.07, 6.45) is 0. The Bertz CT molecular complexity index is 553. The topological polar surface area (TPSA) is 20.2 Å². The molecule has 0 saturated carbocycles. The average Bonchev–Trinajstić information content (AvgIpc) is 2.39. The minimum Gasteiger partial charge on any atom is -0.507 e. The molecule has 0 atom stereocenters. The summed E-state index contributed by atoms with van der Waals surface area (Å²) >= 11 is 0. The first-order valence-corrected chi connectivity index (χ1v) is 5.42. The second-order valence-electron chi connectivity index (χ2n) is 3.84. The smallest absolute Gasteiger partial charge is 0.123 e. The molecule has 0 aliphatic rings. The summed E-state index contributed by atoms with van der Waals surface area (Å²) in [5.41, 5.74) is 3.31. The Kier molecular flexibility index (Phi) is 3.10. The van der Waals surface area contributed by atoms with Crippen LogP contribution in [0.2, 0.25) is 0 Å². The van der Waals surface area contributed by atoms with Crippen molar-refractivity contribution >= 4 is 11.1 Å². The van der Waals surface area contributed by atoms with Crippen LogP contribution in [0.1, 0.15) is 11.1 Å². The quantitative estimate of drug-likeness (QED) is 0.774. The van der Waals surface area contributed by atoms with E-state index in [4.69, 9.17) is 0 Å².